The maximum atomic E-state index is 12.5. The van der Waals surface area contributed by atoms with Crippen molar-refractivity contribution in [3.8, 4) is 0 Å². The highest BCUT2D eigenvalue weighted by Gasteiger charge is 2.29. The number of rotatable bonds is 4. The number of hydrogen-bond acceptors (Lipinski definition) is 5. The van der Waals surface area contributed by atoms with Crippen LogP contribution in [-0.4, -0.2) is 63.8 Å². The van der Waals surface area contributed by atoms with E-state index in [4.69, 9.17) is 0 Å². The molecule has 0 amide bonds. The first-order valence-electron chi connectivity index (χ1n) is 6.86. The molecule has 1 aromatic rings. The molecule has 1 N–H and O–H groups in total. The van der Waals surface area contributed by atoms with Gasteiger partial charge in [-0.15, -0.1) is 0 Å². The SMILES string of the molecule is CN(C)S(=O)(=O)c1ccc(S(=O)(=O)N2CCCC(O)C2)cc1. The van der Waals surface area contributed by atoms with Crippen LogP contribution in [0.2, 0.25) is 0 Å². The monoisotopic (exact) mass is 348 g/mol. The predicted molar refractivity (Wildman–Crippen MR) is 81.3 cm³/mol. The number of sulfonamides is 2. The van der Waals surface area contributed by atoms with Gasteiger partial charge in [-0.3, -0.25) is 0 Å². The lowest BCUT2D eigenvalue weighted by atomic mass is 10.1. The summed E-state index contributed by atoms with van der Waals surface area (Å²) in [5, 5.41) is 9.61. The van der Waals surface area contributed by atoms with Crippen molar-refractivity contribution < 1.29 is 21.9 Å². The lowest BCUT2D eigenvalue weighted by Crippen LogP contribution is -2.42. The molecule has 0 bridgehead atoms. The normalized spacial score (nSPS) is 21.2. The minimum absolute atomic E-state index is 0.0271. The molecule has 1 saturated heterocycles. The summed E-state index contributed by atoms with van der Waals surface area (Å²) in [7, 11) is -4.48. The first-order valence-corrected chi connectivity index (χ1v) is 9.74. The molecule has 124 valence electrons. The number of benzene rings is 1. The zero-order valence-corrected chi connectivity index (χ0v) is 14.1. The molecule has 1 aliphatic heterocycles. The van der Waals surface area contributed by atoms with Gasteiger partial charge in [0.05, 0.1) is 15.9 Å². The summed E-state index contributed by atoms with van der Waals surface area (Å²) in [5.41, 5.74) is 0. The molecule has 2 rings (SSSR count). The Labute approximate surface area is 131 Å². The number of piperidine rings is 1. The molecule has 0 spiro atoms. The molecule has 1 atom stereocenters. The smallest absolute Gasteiger partial charge is 0.243 e. The van der Waals surface area contributed by atoms with E-state index in [0.29, 0.717) is 19.4 Å². The lowest BCUT2D eigenvalue weighted by Gasteiger charge is -2.29. The van der Waals surface area contributed by atoms with Crippen LogP contribution in [0.4, 0.5) is 0 Å². The Hall–Kier alpha value is -1.00. The van der Waals surface area contributed by atoms with Gasteiger partial charge in [-0.2, -0.15) is 4.31 Å². The highest BCUT2D eigenvalue weighted by Crippen LogP contribution is 2.22. The standard InChI is InChI=1S/C13H20N2O5S2/c1-14(2)21(17,18)12-5-7-13(8-6-12)22(19,20)15-9-3-4-11(16)10-15/h5-8,11,16H,3-4,9-10H2,1-2H3. The van der Waals surface area contributed by atoms with E-state index in [2.05, 4.69) is 0 Å². The Morgan fingerprint density at radius 2 is 1.64 bits per heavy atom. The maximum absolute atomic E-state index is 12.5. The van der Waals surface area contributed by atoms with Gasteiger partial charge in [0.25, 0.3) is 0 Å². The van der Waals surface area contributed by atoms with E-state index in [1.807, 2.05) is 0 Å². The minimum Gasteiger partial charge on any atom is -0.392 e. The van der Waals surface area contributed by atoms with E-state index in [-0.39, 0.29) is 16.3 Å². The molecular formula is C13H20N2O5S2. The van der Waals surface area contributed by atoms with Crippen molar-refractivity contribution in [3.05, 3.63) is 24.3 Å². The van der Waals surface area contributed by atoms with Gasteiger partial charge in [-0.05, 0) is 37.1 Å². The Morgan fingerprint density at radius 1 is 1.09 bits per heavy atom. The van der Waals surface area contributed by atoms with E-state index in [1.165, 1.54) is 42.7 Å². The number of nitrogens with zero attached hydrogens (tertiary/aromatic N) is 2. The third-order valence-corrected chi connectivity index (χ3v) is 7.31. The number of aliphatic hydroxyl groups excluding tert-OH is 1. The maximum Gasteiger partial charge on any atom is 0.243 e. The van der Waals surface area contributed by atoms with Crippen LogP contribution in [-0.2, 0) is 20.0 Å². The minimum atomic E-state index is -3.71. The van der Waals surface area contributed by atoms with Crippen molar-refractivity contribution in [2.45, 2.75) is 28.7 Å². The molecule has 0 aromatic heterocycles. The average molecular weight is 348 g/mol. The van der Waals surface area contributed by atoms with E-state index < -0.39 is 26.2 Å². The molecule has 0 aliphatic carbocycles. The van der Waals surface area contributed by atoms with Crippen LogP contribution in [0.15, 0.2) is 34.1 Å². The summed E-state index contributed by atoms with van der Waals surface area (Å²) in [6.45, 7) is 0.428. The van der Waals surface area contributed by atoms with Crippen LogP contribution in [0, 0.1) is 0 Å². The fourth-order valence-electron chi connectivity index (χ4n) is 2.28. The molecule has 0 saturated carbocycles. The molecule has 1 unspecified atom stereocenters. The first kappa shape index (κ1) is 17.4. The molecule has 1 aromatic carbocycles. The molecule has 0 radical (unpaired) electrons. The van der Waals surface area contributed by atoms with Gasteiger partial charge in [0.1, 0.15) is 0 Å². The number of hydrogen-bond donors (Lipinski definition) is 1. The first-order chi connectivity index (χ1) is 10.2. The summed E-state index contributed by atoms with van der Waals surface area (Å²) in [5.74, 6) is 0. The van der Waals surface area contributed by atoms with Crippen molar-refractivity contribution in [2.24, 2.45) is 0 Å². The molecule has 9 heteroatoms. The second-order valence-electron chi connectivity index (χ2n) is 5.42. The molecular weight excluding hydrogens is 328 g/mol. The second-order valence-corrected chi connectivity index (χ2v) is 9.51. The summed E-state index contributed by atoms with van der Waals surface area (Å²) < 4.78 is 51.2. The van der Waals surface area contributed by atoms with E-state index >= 15 is 0 Å². The van der Waals surface area contributed by atoms with Crippen molar-refractivity contribution in [1.82, 2.24) is 8.61 Å². The van der Waals surface area contributed by atoms with Gasteiger partial charge in [0.15, 0.2) is 0 Å². The van der Waals surface area contributed by atoms with Crippen molar-refractivity contribution >= 4 is 20.0 Å². The van der Waals surface area contributed by atoms with E-state index in [9.17, 15) is 21.9 Å². The third kappa shape index (κ3) is 3.33. The predicted octanol–water partition coefficient (Wildman–Crippen LogP) is 0.0823. The summed E-state index contributed by atoms with van der Waals surface area (Å²) in [4.78, 5) is 0.0643. The van der Waals surface area contributed by atoms with Crippen LogP contribution < -0.4 is 0 Å². The molecule has 7 nitrogen and oxygen atoms in total. The van der Waals surface area contributed by atoms with Crippen molar-refractivity contribution in [3.63, 3.8) is 0 Å². The Kier molecular flexibility index (Phi) is 4.93. The quantitative estimate of drug-likeness (QED) is 0.832. The summed E-state index contributed by atoms with van der Waals surface area (Å²) >= 11 is 0. The van der Waals surface area contributed by atoms with Crippen LogP contribution in [0.3, 0.4) is 0 Å². The zero-order chi connectivity index (χ0) is 16.5. The van der Waals surface area contributed by atoms with Gasteiger partial charge in [-0.25, -0.2) is 21.1 Å². The van der Waals surface area contributed by atoms with Crippen LogP contribution in [0.25, 0.3) is 0 Å². The van der Waals surface area contributed by atoms with Crippen LogP contribution in [0.1, 0.15) is 12.8 Å². The largest absolute Gasteiger partial charge is 0.392 e. The van der Waals surface area contributed by atoms with Gasteiger partial charge < -0.3 is 5.11 Å². The highest BCUT2D eigenvalue weighted by atomic mass is 32.2. The van der Waals surface area contributed by atoms with E-state index in [1.54, 1.807) is 0 Å². The fraction of sp³-hybridized carbons (Fsp3) is 0.538. The topological polar surface area (TPSA) is 95.0 Å². The Morgan fingerprint density at radius 3 is 2.14 bits per heavy atom. The van der Waals surface area contributed by atoms with Crippen molar-refractivity contribution in [2.75, 3.05) is 27.2 Å². The number of aliphatic hydroxyl groups is 1. The van der Waals surface area contributed by atoms with Gasteiger partial charge >= 0.3 is 0 Å². The van der Waals surface area contributed by atoms with Crippen LogP contribution in [0.5, 0.6) is 0 Å². The fourth-order valence-corrected chi connectivity index (χ4v) is 4.70. The molecule has 22 heavy (non-hydrogen) atoms. The van der Waals surface area contributed by atoms with Gasteiger partial charge in [-0.1, -0.05) is 0 Å². The Balaban J connectivity index is 2.30. The molecule has 1 heterocycles. The summed E-state index contributed by atoms with van der Waals surface area (Å²) in [6, 6.07) is 5.13. The van der Waals surface area contributed by atoms with Crippen molar-refractivity contribution in [1.29, 1.82) is 0 Å². The van der Waals surface area contributed by atoms with Gasteiger partial charge in [0.2, 0.25) is 20.0 Å². The van der Waals surface area contributed by atoms with Crippen LogP contribution >= 0.6 is 0 Å². The average Bonchev–Trinajstić information content (AvgIpc) is 2.47. The molecule has 1 aliphatic rings. The Bertz CT molecular complexity index is 726. The third-order valence-electron chi connectivity index (χ3n) is 3.60. The molecule has 1 fully saturated rings. The van der Waals surface area contributed by atoms with E-state index in [0.717, 1.165) is 4.31 Å². The second kappa shape index (κ2) is 6.25. The number of β-amino-alcohol motifs (C(OH)–C–C–N with tert-alkyl or cyclic N) is 1. The zero-order valence-electron chi connectivity index (χ0n) is 12.5. The highest BCUT2D eigenvalue weighted by molar-refractivity contribution is 7.89. The lowest BCUT2D eigenvalue weighted by molar-refractivity contribution is 0.108. The van der Waals surface area contributed by atoms with Gasteiger partial charge in [0, 0.05) is 27.2 Å². The summed E-state index contributed by atoms with van der Waals surface area (Å²) in [6.07, 6.45) is 0.538.